The molecule has 3 aromatic rings. The largest absolute Gasteiger partial charge is 0.497 e. The van der Waals surface area contributed by atoms with Crippen LogP contribution >= 0.6 is 11.6 Å². The van der Waals surface area contributed by atoms with Crippen molar-refractivity contribution >= 4 is 27.3 Å². The zero-order valence-corrected chi connectivity index (χ0v) is 17.8. The molecule has 29 heavy (non-hydrogen) atoms. The number of nitrogens with zero attached hydrogens (tertiary/aromatic N) is 1. The first-order valence-electron chi connectivity index (χ1n) is 8.94. The molecule has 0 fully saturated rings. The summed E-state index contributed by atoms with van der Waals surface area (Å²) in [5, 5.41) is 0.556. The number of hydrogen-bond acceptors (Lipinski definition) is 3. The molecule has 0 saturated carbocycles. The van der Waals surface area contributed by atoms with Crippen molar-refractivity contribution in [2.75, 3.05) is 11.4 Å². The number of rotatable bonds is 6. The second kappa shape index (κ2) is 8.43. The van der Waals surface area contributed by atoms with Crippen molar-refractivity contribution in [1.82, 2.24) is 0 Å². The normalized spacial score (nSPS) is 12.4. The van der Waals surface area contributed by atoms with Crippen molar-refractivity contribution < 1.29 is 17.5 Å². The summed E-state index contributed by atoms with van der Waals surface area (Å²) in [6, 6.07) is 17.0. The highest BCUT2D eigenvalue weighted by atomic mass is 35.5. The molecule has 0 unspecified atom stereocenters. The molecule has 3 aromatic carbocycles. The average Bonchev–Trinajstić information content (AvgIpc) is 2.71. The van der Waals surface area contributed by atoms with Crippen molar-refractivity contribution in [1.29, 1.82) is 0 Å². The molecule has 0 radical (unpaired) electrons. The van der Waals surface area contributed by atoms with E-state index in [2.05, 4.69) is 0 Å². The maximum Gasteiger partial charge on any atom is 0.264 e. The van der Waals surface area contributed by atoms with Gasteiger partial charge in [0.05, 0.1) is 23.7 Å². The minimum atomic E-state index is -4.05. The van der Waals surface area contributed by atoms with Gasteiger partial charge in [-0.15, -0.1) is 0 Å². The molecule has 152 valence electrons. The second-order valence-corrected chi connectivity index (χ2v) is 8.89. The van der Waals surface area contributed by atoms with E-state index in [0.29, 0.717) is 22.0 Å². The Morgan fingerprint density at radius 3 is 2.17 bits per heavy atom. The molecule has 7 heteroatoms. The molecule has 0 aliphatic heterocycles. The number of halogens is 2. The molecular formula is C22H21ClFNO3S. The minimum Gasteiger partial charge on any atom is -0.497 e. The maximum atomic E-state index is 14.1. The van der Waals surface area contributed by atoms with Gasteiger partial charge in [-0.3, -0.25) is 4.31 Å². The van der Waals surface area contributed by atoms with Crippen LogP contribution < -0.4 is 9.04 Å². The topological polar surface area (TPSA) is 46.6 Å². The number of anilines is 1. The predicted octanol–water partition coefficient (Wildman–Crippen LogP) is 5.75. The molecular weight excluding hydrogens is 413 g/mol. The van der Waals surface area contributed by atoms with Crippen LogP contribution in [0.25, 0.3) is 0 Å². The van der Waals surface area contributed by atoms with Crippen LogP contribution in [-0.2, 0) is 10.0 Å². The fourth-order valence-corrected chi connectivity index (χ4v) is 4.81. The molecule has 0 amide bonds. The van der Waals surface area contributed by atoms with Crippen LogP contribution in [-0.4, -0.2) is 15.5 Å². The van der Waals surface area contributed by atoms with Crippen LogP contribution in [0.2, 0.25) is 5.02 Å². The standard InChI is InChI=1S/C22H21ClFNO3S/c1-15-4-13-21(14-22(15)24)29(26,27)25(19-9-11-20(28-3)12-10-19)16(2)17-5-7-18(23)8-6-17/h4-14,16H,1-3H3/t16-/m0/s1. The van der Waals surface area contributed by atoms with E-state index in [-0.39, 0.29) is 4.90 Å². The molecule has 0 spiro atoms. The van der Waals surface area contributed by atoms with Crippen LogP contribution in [0.15, 0.2) is 71.6 Å². The molecule has 0 aromatic heterocycles. The van der Waals surface area contributed by atoms with Crippen molar-refractivity contribution in [2.45, 2.75) is 24.8 Å². The summed E-state index contributed by atoms with van der Waals surface area (Å²) in [6.07, 6.45) is 0. The van der Waals surface area contributed by atoms with E-state index >= 15 is 0 Å². The molecule has 0 saturated heterocycles. The molecule has 3 rings (SSSR count). The zero-order chi connectivity index (χ0) is 21.2. The SMILES string of the molecule is COc1ccc(N([C@@H](C)c2ccc(Cl)cc2)S(=O)(=O)c2ccc(C)c(F)c2)cc1. The van der Waals surface area contributed by atoms with Gasteiger partial charge in [0, 0.05) is 5.02 Å². The number of sulfonamides is 1. The quantitative estimate of drug-likeness (QED) is 0.497. The molecule has 1 atom stereocenters. The summed E-state index contributed by atoms with van der Waals surface area (Å²) in [7, 11) is -2.51. The van der Waals surface area contributed by atoms with Crippen molar-refractivity contribution in [2.24, 2.45) is 0 Å². The van der Waals surface area contributed by atoms with E-state index in [1.54, 1.807) is 62.4 Å². The van der Waals surface area contributed by atoms with Gasteiger partial charge in [-0.05, 0) is 73.5 Å². The summed E-state index contributed by atoms with van der Waals surface area (Å²) in [5.74, 6) is 0.0338. The van der Waals surface area contributed by atoms with Crippen LogP contribution in [0.1, 0.15) is 24.1 Å². The van der Waals surface area contributed by atoms with E-state index in [1.165, 1.54) is 23.5 Å². The van der Waals surface area contributed by atoms with Gasteiger partial charge in [-0.25, -0.2) is 12.8 Å². The summed E-state index contributed by atoms with van der Waals surface area (Å²) in [4.78, 5) is -0.114. The average molecular weight is 434 g/mol. The van der Waals surface area contributed by atoms with Crippen LogP contribution in [0.4, 0.5) is 10.1 Å². The summed E-state index contributed by atoms with van der Waals surface area (Å²) >= 11 is 5.98. The fraction of sp³-hybridized carbons (Fsp3) is 0.182. The lowest BCUT2D eigenvalue weighted by atomic mass is 10.1. The molecule has 0 aliphatic rings. The lowest BCUT2D eigenvalue weighted by molar-refractivity contribution is 0.415. The van der Waals surface area contributed by atoms with Crippen molar-refractivity contribution in [3.63, 3.8) is 0 Å². The van der Waals surface area contributed by atoms with E-state index in [0.717, 1.165) is 11.6 Å². The summed E-state index contributed by atoms with van der Waals surface area (Å²) < 4.78 is 47.6. The van der Waals surface area contributed by atoms with Crippen molar-refractivity contribution in [3.8, 4) is 5.75 Å². The van der Waals surface area contributed by atoms with Gasteiger partial charge in [0.15, 0.2) is 0 Å². The number of hydrogen-bond donors (Lipinski definition) is 0. The lowest BCUT2D eigenvalue weighted by Crippen LogP contribution is -2.33. The third-order valence-corrected chi connectivity index (χ3v) is 6.88. The first-order chi connectivity index (χ1) is 13.7. The van der Waals surface area contributed by atoms with Gasteiger partial charge in [0.1, 0.15) is 11.6 Å². The highest BCUT2D eigenvalue weighted by Crippen LogP contribution is 2.35. The highest BCUT2D eigenvalue weighted by Gasteiger charge is 2.31. The van der Waals surface area contributed by atoms with Gasteiger partial charge in [-0.2, -0.15) is 0 Å². The molecule has 0 bridgehead atoms. The monoisotopic (exact) mass is 433 g/mol. The summed E-state index contributed by atoms with van der Waals surface area (Å²) in [6.45, 7) is 3.36. The Morgan fingerprint density at radius 1 is 1.00 bits per heavy atom. The zero-order valence-electron chi connectivity index (χ0n) is 16.3. The third-order valence-electron chi connectivity index (χ3n) is 4.73. The van der Waals surface area contributed by atoms with Crippen LogP contribution in [0.3, 0.4) is 0 Å². The van der Waals surface area contributed by atoms with Crippen LogP contribution in [0, 0.1) is 12.7 Å². The van der Waals surface area contributed by atoms with Gasteiger partial charge >= 0.3 is 0 Å². The molecule has 0 heterocycles. The Balaban J connectivity index is 2.15. The lowest BCUT2D eigenvalue weighted by Gasteiger charge is -2.31. The van der Waals surface area contributed by atoms with E-state index < -0.39 is 21.9 Å². The van der Waals surface area contributed by atoms with Crippen molar-refractivity contribution in [3.05, 3.63) is 88.7 Å². The van der Waals surface area contributed by atoms with Crippen LogP contribution in [0.5, 0.6) is 5.75 Å². The summed E-state index contributed by atoms with van der Waals surface area (Å²) in [5.41, 5.74) is 1.57. The predicted molar refractivity (Wildman–Crippen MR) is 114 cm³/mol. The maximum absolute atomic E-state index is 14.1. The van der Waals surface area contributed by atoms with Gasteiger partial charge < -0.3 is 4.74 Å². The van der Waals surface area contributed by atoms with E-state index in [4.69, 9.17) is 16.3 Å². The first kappa shape index (κ1) is 21.1. The van der Waals surface area contributed by atoms with Gasteiger partial charge in [-0.1, -0.05) is 29.8 Å². The van der Waals surface area contributed by atoms with E-state index in [1.807, 2.05) is 0 Å². The Bertz CT molecular complexity index is 1100. The number of aryl methyl sites for hydroxylation is 1. The van der Waals surface area contributed by atoms with E-state index in [9.17, 15) is 12.8 Å². The number of benzene rings is 3. The molecule has 0 N–H and O–H groups in total. The van der Waals surface area contributed by atoms with Gasteiger partial charge in [0.25, 0.3) is 10.0 Å². The molecule has 0 aliphatic carbocycles. The third kappa shape index (κ3) is 4.38. The Kier molecular flexibility index (Phi) is 6.15. The molecule has 4 nitrogen and oxygen atoms in total. The number of ether oxygens (including phenoxy) is 1. The highest BCUT2D eigenvalue weighted by molar-refractivity contribution is 7.92. The second-order valence-electron chi connectivity index (χ2n) is 6.64. The Morgan fingerprint density at radius 2 is 1.62 bits per heavy atom. The Labute approximate surface area is 175 Å². The van der Waals surface area contributed by atoms with Gasteiger partial charge in [0.2, 0.25) is 0 Å². The first-order valence-corrected chi connectivity index (χ1v) is 10.8. The minimum absolute atomic E-state index is 0.114. The smallest absolute Gasteiger partial charge is 0.264 e. The number of methoxy groups -OCH3 is 1. The fourth-order valence-electron chi connectivity index (χ4n) is 3.02. The Hall–Kier alpha value is -2.57.